The Labute approximate surface area is 93.1 Å². The van der Waals surface area contributed by atoms with E-state index in [0.29, 0.717) is 12.5 Å². The van der Waals surface area contributed by atoms with Crippen LogP contribution in [0.25, 0.3) is 0 Å². The number of nitrogens with one attached hydrogen (secondary N) is 1. The molecule has 2 N–H and O–H groups in total. The minimum Gasteiger partial charge on any atom is -0.393 e. The van der Waals surface area contributed by atoms with Crippen LogP contribution in [0.2, 0.25) is 0 Å². The smallest absolute Gasteiger partial charge is 0.261 e. The van der Waals surface area contributed by atoms with Gasteiger partial charge in [-0.15, -0.1) is 11.3 Å². The largest absolute Gasteiger partial charge is 0.393 e. The molecule has 1 aliphatic rings. The van der Waals surface area contributed by atoms with Crippen molar-refractivity contribution in [3.8, 4) is 0 Å². The van der Waals surface area contributed by atoms with Gasteiger partial charge in [-0.05, 0) is 37.8 Å². The van der Waals surface area contributed by atoms with E-state index in [0.717, 1.165) is 22.6 Å². The zero-order valence-electron chi connectivity index (χ0n) is 8.69. The van der Waals surface area contributed by atoms with Gasteiger partial charge < -0.3 is 10.4 Å². The van der Waals surface area contributed by atoms with Crippen molar-refractivity contribution in [2.75, 3.05) is 6.54 Å². The molecule has 0 unspecified atom stereocenters. The van der Waals surface area contributed by atoms with Gasteiger partial charge in [0.2, 0.25) is 0 Å². The first-order valence-electron chi connectivity index (χ1n) is 5.18. The number of aryl methyl sites for hydroxylation is 1. The minimum atomic E-state index is -0.143. The molecule has 2 rings (SSSR count). The van der Waals surface area contributed by atoms with Crippen LogP contribution >= 0.6 is 11.3 Å². The summed E-state index contributed by atoms with van der Waals surface area (Å²) in [5.41, 5.74) is 0. The van der Waals surface area contributed by atoms with Gasteiger partial charge in [-0.1, -0.05) is 0 Å². The fraction of sp³-hybridized carbons (Fsp3) is 0.545. The molecule has 0 aliphatic heterocycles. The molecule has 0 saturated heterocycles. The second-order valence-electron chi connectivity index (χ2n) is 4.11. The Morgan fingerprint density at radius 2 is 2.33 bits per heavy atom. The summed E-state index contributed by atoms with van der Waals surface area (Å²) < 4.78 is 0. The number of aliphatic hydroxyl groups is 1. The van der Waals surface area contributed by atoms with Crippen LogP contribution in [-0.4, -0.2) is 23.7 Å². The van der Waals surface area contributed by atoms with Gasteiger partial charge in [0.15, 0.2) is 0 Å². The molecule has 1 aliphatic carbocycles. The van der Waals surface area contributed by atoms with Crippen LogP contribution in [0.4, 0.5) is 0 Å². The quantitative estimate of drug-likeness (QED) is 0.820. The summed E-state index contributed by atoms with van der Waals surface area (Å²) in [6.45, 7) is 2.68. The summed E-state index contributed by atoms with van der Waals surface area (Å²) in [6.07, 6.45) is 1.50. The van der Waals surface area contributed by atoms with Crippen LogP contribution < -0.4 is 5.32 Å². The summed E-state index contributed by atoms with van der Waals surface area (Å²) in [5.74, 6) is 0.472. The molecular formula is C11H15NO2S. The maximum Gasteiger partial charge on any atom is 0.261 e. The van der Waals surface area contributed by atoms with Crippen molar-refractivity contribution >= 4 is 17.2 Å². The molecule has 1 aromatic rings. The van der Waals surface area contributed by atoms with E-state index in [1.807, 2.05) is 19.1 Å². The number of thiophene rings is 1. The molecule has 1 aromatic heterocycles. The van der Waals surface area contributed by atoms with Gasteiger partial charge in [-0.3, -0.25) is 4.79 Å². The van der Waals surface area contributed by atoms with Gasteiger partial charge >= 0.3 is 0 Å². The van der Waals surface area contributed by atoms with Crippen molar-refractivity contribution < 1.29 is 9.90 Å². The number of hydrogen-bond acceptors (Lipinski definition) is 3. The Morgan fingerprint density at radius 3 is 2.87 bits per heavy atom. The van der Waals surface area contributed by atoms with Crippen LogP contribution in [0, 0.1) is 12.8 Å². The third-order valence-corrected chi connectivity index (χ3v) is 3.73. The third kappa shape index (κ3) is 2.58. The highest BCUT2D eigenvalue weighted by Crippen LogP contribution is 2.26. The molecular weight excluding hydrogens is 210 g/mol. The van der Waals surface area contributed by atoms with E-state index in [9.17, 15) is 4.79 Å². The molecule has 0 bridgehead atoms. The average Bonchev–Trinajstić information content (AvgIpc) is 2.57. The minimum absolute atomic E-state index is 0.00879. The van der Waals surface area contributed by atoms with Crippen molar-refractivity contribution in [1.29, 1.82) is 0 Å². The Kier molecular flexibility index (Phi) is 3.07. The molecule has 3 nitrogen and oxygen atoms in total. The molecule has 0 aromatic carbocycles. The summed E-state index contributed by atoms with van der Waals surface area (Å²) in [5, 5.41) is 12.0. The maximum absolute atomic E-state index is 11.6. The number of amides is 1. The molecule has 82 valence electrons. The van der Waals surface area contributed by atoms with Crippen LogP contribution in [0.5, 0.6) is 0 Å². The molecule has 4 heteroatoms. The van der Waals surface area contributed by atoms with E-state index < -0.39 is 0 Å². The van der Waals surface area contributed by atoms with Gasteiger partial charge in [0.25, 0.3) is 5.91 Å². The fourth-order valence-electron chi connectivity index (χ4n) is 1.75. The molecule has 1 heterocycles. The second kappa shape index (κ2) is 4.33. The lowest BCUT2D eigenvalue weighted by Gasteiger charge is -2.31. The molecule has 1 fully saturated rings. The van der Waals surface area contributed by atoms with E-state index in [-0.39, 0.29) is 12.0 Å². The molecule has 1 saturated carbocycles. The Balaban J connectivity index is 1.78. The van der Waals surface area contributed by atoms with E-state index in [2.05, 4.69) is 5.32 Å². The number of carbonyl (C=O) groups is 1. The number of aliphatic hydroxyl groups excluding tert-OH is 1. The van der Waals surface area contributed by atoms with Gasteiger partial charge in [0, 0.05) is 11.4 Å². The highest BCUT2D eigenvalue weighted by atomic mass is 32.1. The fourth-order valence-corrected chi connectivity index (χ4v) is 2.53. The van der Waals surface area contributed by atoms with E-state index in [1.165, 1.54) is 11.3 Å². The first-order valence-corrected chi connectivity index (χ1v) is 5.99. The van der Waals surface area contributed by atoms with Crippen LogP contribution in [-0.2, 0) is 0 Å². The normalized spacial score (nSPS) is 24.7. The second-order valence-corrected chi connectivity index (χ2v) is 5.40. The summed E-state index contributed by atoms with van der Waals surface area (Å²) >= 11 is 1.51. The Morgan fingerprint density at radius 1 is 1.60 bits per heavy atom. The predicted octanol–water partition coefficient (Wildman–Crippen LogP) is 1.56. The van der Waals surface area contributed by atoms with Crippen molar-refractivity contribution in [3.63, 3.8) is 0 Å². The summed E-state index contributed by atoms with van der Waals surface area (Å²) in [4.78, 5) is 13.5. The zero-order valence-corrected chi connectivity index (χ0v) is 9.51. The summed E-state index contributed by atoms with van der Waals surface area (Å²) in [6, 6.07) is 3.80. The van der Waals surface area contributed by atoms with E-state index in [4.69, 9.17) is 5.11 Å². The Hall–Kier alpha value is -0.870. The third-order valence-electron chi connectivity index (χ3n) is 2.73. The highest BCUT2D eigenvalue weighted by Gasteiger charge is 2.27. The van der Waals surface area contributed by atoms with Crippen LogP contribution in [0.3, 0.4) is 0 Å². The molecule has 0 radical (unpaired) electrons. The lowest BCUT2D eigenvalue weighted by Crippen LogP contribution is -2.38. The molecule has 1 amide bonds. The summed E-state index contributed by atoms with van der Waals surface area (Å²) in [7, 11) is 0. The predicted molar refractivity (Wildman–Crippen MR) is 60.1 cm³/mol. The first kappa shape index (κ1) is 10.6. The van der Waals surface area contributed by atoms with Gasteiger partial charge in [0.05, 0.1) is 11.0 Å². The van der Waals surface area contributed by atoms with Crippen molar-refractivity contribution in [2.24, 2.45) is 5.92 Å². The molecule has 0 atom stereocenters. The van der Waals surface area contributed by atoms with E-state index >= 15 is 0 Å². The number of rotatable bonds is 3. The van der Waals surface area contributed by atoms with Gasteiger partial charge in [0.1, 0.15) is 0 Å². The first-order chi connectivity index (χ1) is 7.15. The van der Waals surface area contributed by atoms with Crippen molar-refractivity contribution in [1.82, 2.24) is 5.32 Å². The van der Waals surface area contributed by atoms with Crippen molar-refractivity contribution in [3.05, 3.63) is 21.9 Å². The zero-order chi connectivity index (χ0) is 10.8. The van der Waals surface area contributed by atoms with Crippen LogP contribution in [0.1, 0.15) is 27.4 Å². The average molecular weight is 225 g/mol. The molecule has 15 heavy (non-hydrogen) atoms. The number of hydrogen-bond donors (Lipinski definition) is 2. The molecule has 0 spiro atoms. The van der Waals surface area contributed by atoms with Gasteiger partial charge in [-0.25, -0.2) is 0 Å². The lowest BCUT2D eigenvalue weighted by molar-refractivity contribution is 0.0420. The van der Waals surface area contributed by atoms with Crippen molar-refractivity contribution in [2.45, 2.75) is 25.9 Å². The lowest BCUT2D eigenvalue weighted by atomic mass is 9.82. The SMILES string of the molecule is Cc1ccc(C(=O)NCC2CC(O)C2)s1. The Bertz CT molecular complexity index is 355. The highest BCUT2D eigenvalue weighted by molar-refractivity contribution is 7.13. The van der Waals surface area contributed by atoms with Crippen LogP contribution in [0.15, 0.2) is 12.1 Å². The van der Waals surface area contributed by atoms with E-state index in [1.54, 1.807) is 0 Å². The standard InChI is InChI=1S/C11H15NO2S/c1-7-2-3-10(15-7)11(14)12-6-8-4-9(13)5-8/h2-3,8-9,13H,4-6H2,1H3,(H,12,14). The van der Waals surface area contributed by atoms with Gasteiger partial charge in [-0.2, -0.15) is 0 Å². The monoisotopic (exact) mass is 225 g/mol. The maximum atomic E-state index is 11.6. The number of carbonyl (C=O) groups excluding carboxylic acids is 1. The topological polar surface area (TPSA) is 49.3 Å².